The van der Waals surface area contributed by atoms with Gasteiger partial charge in [0.2, 0.25) is 0 Å². The Hall–Kier alpha value is -2.13. The fraction of sp³-hybridized carbons (Fsp3) is 0.737. The molecule has 1 rings (SSSR count). The zero-order valence-electron chi connectivity index (χ0n) is 16.3. The Morgan fingerprint density at radius 3 is 1.97 bits per heavy atom. The summed E-state index contributed by atoms with van der Waals surface area (Å²) in [6.45, 7) is 4.31. The molecular formula is C19H26F4O6. The molecule has 0 saturated heterocycles. The second-order valence-electron chi connectivity index (χ2n) is 7.01. The van der Waals surface area contributed by atoms with Gasteiger partial charge in [0.15, 0.2) is 0 Å². The van der Waals surface area contributed by atoms with Gasteiger partial charge in [0.25, 0.3) is 0 Å². The minimum Gasteiger partial charge on any atom is -0.462 e. The Balaban J connectivity index is 2.38. The first-order valence-corrected chi connectivity index (χ1v) is 9.42. The monoisotopic (exact) mass is 426 g/mol. The topological polar surface area (TPSA) is 78.9 Å². The SMILES string of the molecule is C=C(C)C(=O)OCCCCOC(=O)C(F)(F)CC(F)(F)C(=O)OC1CCCCC1. The minimum atomic E-state index is -4.55. The van der Waals surface area contributed by atoms with E-state index in [0.29, 0.717) is 25.7 Å². The van der Waals surface area contributed by atoms with Gasteiger partial charge in [-0.25, -0.2) is 14.4 Å². The number of halogens is 4. The van der Waals surface area contributed by atoms with Gasteiger partial charge in [-0.3, -0.25) is 0 Å². The van der Waals surface area contributed by atoms with Crippen LogP contribution in [0.25, 0.3) is 0 Å². The molecule has 1 aliphatic carbocycles. The number of hydrogen-bond acceptors (Lipinski definition) is 6. The second kappa shape index (κ2) is 11.2. The lowest BCUT2D eigenvalue weighted by Gasteiger charge is -2.25. The molecule has 1 aliphatic rings. The summed E-state index contributed by atoms with van der Waals surface area (Å²) in [5.41, 5.74) is 0.194. The molecule has 29 heavy (non-hydrogen) atoms. The highest BCUT2D eigenvalue weighted by Gasteiger charge is 2.55. The summed E-state index contributed by atoms with van der Waals surface area (Å²) in [6, 6.07) is 0. The molecule has 166 valence electrons. The second-order valence-corrected chi connectivity index (χ2v) is 7.01. The molecular weight excluding hydrogens is 400 g/mol. The van der Waals surface area contributed by atoms with E-state index in [4.69, 9.17) is 4.74 Å². The lowest BCUT2D eigenvalue weighted by Crippen LogP contribution is -2.43. The van der Waals surface area contributed by atoms with Crippen molar-refractivity contribution in [2.24, 2.45) is 0 Å². The molecule has 0 atom stereocenters. The summed E-state index contributed by atoms with van der Waals surface area (Å²) in [7, 11) is 0. The highest BCUT2D eigenvalue weighted by molar-refractivity contribution is 5.86. The number of alkyl halides is 4. The molecule has 0 heterocycles. The zero-order chi connectivity index (χ0) is 22.1. The molecule has 0 aliphatic heterocycles. The van der Waals surface area contributed by atoms with E-state index in [9.17, 15) is 31.9 Å². The standard InChI is InChI=1S/C19H26F4O6/c1-13(2)15(24)27-10-6-7-11-28-16(25)18(20,21)12-19(22,23)17(26)29-14-8-4-3-5-9-14/h14H,1,3-12H2,2H3. The maximum absolute atomic E-state index is 13.8. The molecule has 0 aromatic carbocycles. The summed E-state index contributed by atoms with van der Waals surface area (Å²) >= 11 is 0. The largest absolute Gasteiger partial charge is 0.462 e. The lowest BCUT2D eigenvalue weighted by molar-refractivity contribution is -0.200. The normalized spacial score (nSPS) is 15.5. The fourth-order valence-electron chi connectivity index (χ4n) is 2.61. The van der Waals surface area contributed by atoms with Crippen molar-refractivity contribution in [1.29, 1.82) is 0 Å². The quantitative estimate of drug-likeness (QED) is 0.164. The van der Waals surface area contributed by atoms with Crippen LogP contribution in [-0.4, -0.2) is 49.1 Å². The van der Waals surface area contributed by atoms with Crippen LogP contribution in [0, 0.1) is 0 Å². The molecule has 0 aromatic rings. The Morgan fingerprint density at radius 2 is 1.41 bits per heavy atom. The molecule has 6 nitrogen and oxygen atoms in total. The van der Waals surface area contributed by atoms with E-state index in [1.54, 1.807) is 0 Å². The molecule has 0 spiro atoms. The lowest BCUT2D eigenvalue weighted by atomic mass is 9.98. The maximum Gasteiger partial charge on any atom is 0.377 e. The van der Waals surface area contributed by atoms with Crippen LogP contribution in [0.1, 0.15) is 58.3 Å². The van der Waals surface area contributed by atoms with E-state index in [0.717, 1.165) is 6.42 Å². The van der Waals surface area contributed by atoms with Gasteiger partial charge in [0, 0.05) is 5.57 Å². The van der Waals surface area contributed by atoms with Gasteiger partial charge < -0.3 is 14.2 Å². The molecule has 0 radical (unpaired) electrons. The van der Waals surface area contributed by atoms with E-state index in [1.807, 2.05) is 0 Å². The molecule has 1 saturated carbocycles. The molecule has 1 fully saturated rings. The Labute approximate surface area is 166 Å². The van der Waals surface area contributed by atoms with Crippen molar-refractivity contribution < 1.29 is 46.2 Å². The van der Waals surface area contributed by atoms with Gasteiger partial charge in [-0.15, -0.1) is 0 Å². The van der Waals surface area contributed by atoms with Crippen LogP contribution in [0.5, 0.6) is 0 Å². The Kier molecular flexibility index (Phi) is 9.58. The number of ether oxygens (including phenoxy) is 3. The van der Waals surface area contributed by atoms with Crippen molar-refractivity contribution in [3.63, 3.8) is 0 Å². The predicted molar refractivity (Wildman–Crippen MR) is 93.4 cm³/mol. The van der Waals surface area contributed by atoms with E-state index in [-0.39, 0.29) is 25.0 Å². The first kappa shape index (κ1) is 24.9. The highest BCUT2D eigenvalue weighted by atomic mass is 19.3. The molecule has 0 aromatic heterocycles. The zero-order valence-corrected chi connectivity index (χ0v) is 16.3. The number of carbonyl (C=O) groups excluding carboxylic acids is 3. The third-order valence-corrected chi connectivity index (χ3v) is 4.22. The average Bonchev–Trinajstić information content (AvgIpc) is 2.63. The number of esters is 3. The van der Waals surface area contributed by atoms with Crippen molar-refractivity contribution in [3.05, 3.63) is 12.2 Å². The third-order valence-electron chi connectivity index (χ3n) is 4.22. The van der Waals surface area contributed by atoms with Crippen molar-refractivity contribution in [2.45, 2.75) is 76.2 Å². The van der Waals surface area contributed by atoms with Crippen molar-refractivity contribution in [1.82, 2.24) is 0 Å². The van der Waals surface area contributed by atoms with Crippen LogP contribution in [0.2, 0.25) is 0 Å². The smallest absolute Gasteiger partial charge is 0.377 e. The van der Waals surface area contributed by atoms with Crippen LogP contribution in [-0.2, 0) is 28.6 Å². The molecule has 0 bridgehead atoms. The van der Waals surface area contributed by atoms with Gasteiger partial charge in [0.05, 0.1) is 19.6 Å². The Bertz CT molecular complexity index is 600. The van der Waals surface area contributed by atoms with E-state index in [2.05, 4.69) is 16.1 Å². The van der Waals surface area contributed by atoms with E-state index in [1.165, 1.54) is 6.92 Å². The van der Waals surface area contributed by atoms with Gasteiger partial charge in [-0.05, 0) is 45.4 Å². The first-order chi connectivity index (χ1) is 13.5. The number of hydrogen-bond donors (Lipinski definition) is 0. The first-order valence-electron chi connectivity index (χ1n) is 9.42. The summed E-state index contributed by atoms with van der Waals surface area (Å²) in [6.07, 6.45) is 0.362. The van der Waals surface area contributed by atoms with E-state index >= 15 is 0 Å². The summed E-state index contributed by atoms with van der Waals surface area (Å²) < 4.78 is 68.9. The molecule has 0 unspecified atom stereocenters. The number of rotatable bonds is 11. The van der Waals surface area contributed by atoms with Crippen LogP contribution in [0.4, 0.5) is 17.6 Å². The Morgan fingerprint density at radius 1 is 0.897 bits per heavy atom. The van der Waals surface area contributed by atoms with E-state index < -0.39 is 48.9 Å². The van der Waals surface area contributed by atoms with Crippen molar-refractivity contribution in [3.8, 4) is 0 Å². The summed E-state index contributed by atoms with van der Waals surface area (Å²) in [5.74, 6) is -13.9. The van der Waals surface area contributed by atoms with Crippen molar-refractivity contribution in [2.75, 3.05) is 13.2 Å². The van der Waals surface area contributed by atoms with Crippen LogP contribution in [0.3, 0.4) is 0 Å². The van der Waals surface area contributed by atoms with Gasteiger partial charge >= 0.3 is 29.8 Å². The van der Waals surface area contributed by atoms with Gasteiger partial charge in [-0.2, -0.15) is 17.6 Å². The number of unbranched alkanes of at least 4 members (excludes halogenated alkanes) is 1. The third kappa shape index (κ3) is 8.82. The summed E-state index contributed by atoms with van der Waals surface area (Å²) in [4.78, 5) is 34.1. The minimum absolute atomic E-state index is 0.0370. The van der Waals surface area contributed by atoms with Crippen LogP contribution in [0.15, 0.2) is 12.2 Å². The summed E-state index contributed by atoms with van der Waals surface area (Å²) in [5, 5.41) is 0. The van der Waals surface area contributed by atoms with Gasteiger partial charge in [0.1, 0.15) is 6.10 Å². The number of carbonyl (C=O) groups is 3. The predicted octanol–water partition coefficient (Wildman–Crippen LogP) is 3.97. The molecule has 0 amide bonds. The molecule has 10 heteroatoms. The highest BCUT2D eigenvalue weighted by Crippen LogP contribution is 2.34. The van der Waals surface area contributed by atoms with Gasteiger partial charge in [-0.1, -0.05) is 13.0 Å². The maximum atomic E-state index is 13.8. The van der Waals surface area contributed by atoms with Crippen LogP contribution >= 0.6 is 0 Å². The molecule has 0 N–H and O–H groups in total. The van der Waals surface area contributed by atoms with Crippen LogP contribution < -0.4 is 0 Å². The van der Waals surface area contributed by atoms with Crippen molar-refractivity contribution >= 4 is 17.9 Å². The fourth-order valence-corrected chi connectivity index (χ4v) is 2.61. The average molecular weight is 426 g/mol.